The molecule has 2 N–H and O–H groups in total. The summed E-state index contributed by atoms with van der Waals surface area (Å²) in [5.74, 6) is 0.904. The first-order valence-corrected chi connectivity index (χ1v) is 6.28. The lowest BCUT2D eigenvalue weighted by Crippen LogP contribution is -1.94. The number of hydrogen-bond acceptors (Lipinski definition) is 4. The second kappa shape index (κ2) is 4.85. The van der Waals surface area contributed by atoms with E-state index in [1.54, 1.807) is 18.4 Å². The van der Waals surface area contributed by atoms with Gasteiger partial charge < -0.3 is 10.5 Å². The van der Waals surface area contributed by atoms with E-state index >= 15 is 0 Å². The fourth-order valence-electron chi connectivity index (χ4n) is 1.75. The standard InChI is InChI=1S/C13H16N2OS/c1-8-6-10(4-5-11(8)16-3)13-15-9(2)12(7-14)17-13/h4-6H,7,14H2,1-3H3. The minimum absolute atomic E-state index is 0.554. The van der Waals surface area contributed by atoms with Crippen molar-refractivity contribution in [3.8, 4) is 16.3 Å². The molecule has 90 valence electrons. The molecular weight excluding hydrogens is 232 g/mol. The Morgan fingerprint density at radius 1 is 1.35 bits per heavy atom. The number of rotatable bonds is 3. The van der Waals surface area contributed by atoms with Crippen molar-refractivity contribution in [2.45, 2.75) is 20.4 Å². The first-order chi connectivity index (χ1) is 8.15. The molecular formula is C13H16N2OS. The molecule has 1 heterocycles. The van der Waals surface area contributed by atoms with Gasteiger partial charge in [-0.15, -0.1) is 11.3 Å². The van der Waals surface area contributed by atoms with Crippen molar-refractivity contribution >= 4 is 11.3 Å². The highest BCUT2D eigenvalue weighted by molar-refractivity contribution is 7.15. The fraction of sp³-hybridized carbons (Fsp3) is 0.308. The van der Waals surface area contributed by atoms with Crippen LogP contribution in [0.4, 0.5) is 0 Å². The minimum atomic E-state index is 0.554. The predicted octanol–water partition coefficient (Wildman–Crippen LogP) is 2.89. The molecule has 0 amide bonds. The van der Waals surface area contributed by atoms with Gasteiger partial charge in [0, 0.05) is 17.0 Å². The Labute approximate surface area is 105 Å². The summed E-state index contributed by atoms with van der Waals surface area (Å²) in [6.45, 7) is 4.59. The fourth-order valence-corrected chi connectivity index (χ4v) is 2.69. The molecule has 0 aliphatic rings. The van der Waals surface area contributed by atoms with Gasteiger partial charge in [-0.2, -0.15) is 0 Å². The molecule has 1 aromatic carbocycles. The average molecular weight is 248 g/mol. The second-order valence-electron chi connectivity index (χ2n) is 3.92. The number of methoxy groups -OCH3 is 1. The molecule has 2 rings (SSSR count). The maximum Gasteiger partial charge on any atom is 0.123 e. The number of nitrogens with two attached hydrogens (primary N) is 1. The third-order valence-corrected chi connectivity index (χ3v) is 3.95. The van der Waals surface area contributed by atoms with Crippen molar-refractivity contribution in [3.63, 3.8) is 0 Å². The van der Waals surface area contributed by atoms with E-state index in [4.69, 9.17) is 10.5 Å². The molecule has 0 saturated carbocycles. The Morgan fingerprint density at radius 2 is 2.12 bits per heavy atom. The molecule has 1 aromatic heterocycles. The summed E-state index contributed by atoms with van der Waals surface area (Å²) < 4.78 is 5.25. The van der Waals surface area contributed by atoms with Crippen molar-refractivity contribution in [3.05, 3.63) is 34.3 Å². The van der Waals surface area contributed by atoms with E-state index in [0.29, 0.717) is 6.54 Å². The summed E-state index contributed by atoms with van der Waals surface area (Å²) in [6, 6.07) is 6.10. The van der Waals surface area contributed by atoms with Crippen molar-refractivity contribution in [2.75, 3.05) is 7.11 Å². The van der Waals surface area contributed by atoms with E-state index in [0.717, 1.165) is 32.5 Å². The van der Waals surface area contributed by atoms with Gasteiger partial charge in [0.15, 0.2) is 0 Å². The Morgan fingerprint density at radius 3 is 2.65 bits per heavy atom. The minimum Gasteiger partial charge on any atom is -0.496 e. The van der Waals surface area contributed by atoms with Crippen LogP contribution >= 0.6 is 11.3 Å². The lowest BCUT2D eigenvalue weighted by atomic mass is 10.1. The van der Waals surface area contributed by atoms with Gasteiger partial charge in [-0.05, 0) is 37.6 Å². The third kappa shape index (κ3) is 2.33. The van der Waals surface area contributed by atoms with Gasteiger partial charge in [-0.3, -0.25) is 0 Å². The molecule has 0 unspecified atom stereocenters. The van der Waals surface area contributed by atoms with Crippen molar-refractivity contribution in [1.82, 2.24) is 4.98 Å². The largest absolute Gasteiger partial charge is 0.496 e. The predicted molar refractivity (Wildman–Crippen MR) is 71.5 cm³/mol. The van der Waals surface area contributed by atoms with Gasteiger partial charge in [-0.25, -0.2) is 4.98 Å². The molecule has 17 heavy (non-hydrogen) atoms. The molecule has 0 bridgehead atoms. The summed E-state index contributed by atoms with van der Waals surface area (Å²) in [4.78, 5) is 5.69. The number of hydrogen-bond donors (Lipinski definition) is 1. The zero-order chi connectivity index (χ0) is 12.4. The summed E-state index contributed by atoms with van der Waals surface area (Å²) in [5, 5.41) is 1.02. The zero-order valence-electron chi connectivity index (χ0n) is 10.3. The molecule has 0 radical (unpaired) electrons. The zero-order valence-corrected chi connectivity index (χ0v) is 11.1. The van der Waals surface area contributed by atoms with Gasteiger partial charge in [0.2, 0.25) is 0 Å². The van der Waals surface area contributed by atoms with E-state index in [1.807, 2.05) is 26.0 Å². The monoisotopic (exact) mass is 248 g/mol. The average Bonchev–Trinajstić information content (AvgIpc) is 2.70. The lowest BCUT2D eigenvalue weighted by Gasteiger charge is -2.05. The Balaban J connectivity index is 2.42. The smallest absolute Gasteiger partial charge is 0.123 e. The summed E-state index contributed by atoms with van der Waals surface area (Å²) >= 11 is 1.66. The van der Waals surface area contributed by atoms with Crippen LogP contribution in [0.5, 0.6) is 5.75 Å². The summed E-state index contributed by atoms with van der Waals surface area (Å²) in [5.41, 5.74) is 8.94. The number of aryl methyl sites for hydroxylation is 2. The van der Waals surface area contributed by atoms with Crippen LogP contribution in [-0.2, 0) is 6.54 Å². The number of ether oxygens (including phenoxy) is 1. The lowest BCUT2D eigenvalue weighted by molar-refractivity contribution is 0.412. The molecule has 0 atom stereocenters. The van der Waals surface area contributed by atoms with Crippen LogP contribution in [0.3, 0.4) is 0 Å². The van der Waals surface area contributed by atoms with E-state index in [1.165, 1.54) is 0 Å². The van der Waals surface area contributed by atoms with Gasteiger partial charge in [0.1, 0.15) is 10.8 Å². The second-order valence-corrected chi connectivity index (χ2v) is 5.00. The summed E-state index contributed by atoms with van der Waals surface area (Å²) in [7, 11) is 1.68. The van der Waals surface area contributed by atoms with Gasteiger partial charge in [0.25, 0.3) is 0 Å². The summed E-state index contributed by atoms with van der Waals surface area (Å²) in [6.07, 6.45) is 0. The first-order valence-electron chi connectivity index (χ1n) is 5.47. The number of thiazole rings is 1. The van der Waals surface area contributed by atoms with Crippen molar-refractivity contribution in [2.24, 2.45) is 5.73 Å². The topological polar surface area (TPSA) is 48.1 Å². The molecule has 0 aliphatic carbocycles. The van der Waals surface area contributed by atoms with Crippen LogP contribution in [-0.4, -0.2) is 12.1 Å². The molecule has 0 saturated heterocycles. The normalized spacial score (nSPS) is 10.6. The Bertz CT molecular complexity index is 534. The maximum atomic E-state index is 5.67. The molecule has 0 fully saturated rings. The van der Waals surface area contributed by atoms with Crippen LogP contribution in [0, 0.1) is 13.8 Å². The molecule has 0 spiro atoms. The van der Waals surface area contributed by atoms with Crippen molar-refractivity contribution in [1.29, 1.82) is 0 Å². The maximum absolute atomic E-state index is 5.67. The van der Waals surface area contributed by atoms with Gasteiger partial charge in [-0.1, -0.05) is 0 Å². The number of aromatic nitrogens is 1. The molecule has 2 aromatic rings. The first kappa shape index (κ1) is 12.1. The van der Waals surface area contributed by atoms with E-state index in [-0.39, 0.29) is 0 Å². The van der Waals surface area contributed by atoms with Crippen molar-refractivity contribution < 1.29 is 4.74 Å². The van der Waals surface area contributed by atoms with E-state index in [9.17, 15) is 0 Å². The molecule has 4 heteroatoms. The molecule has 0 aliphatic heterocycles. The van der Waals surface area contributed by atoms with E-state index < -0.39 is 0 Å². The third-order valence-electron chi connectivity index (χ3n) is 2.72. The Kier molecular flexibility index (Phi) is 3.45. The SMILES string of the molecule is COc1ccc(-c2nc(C)c(CN)s2)cc1C. The van der Waals surface area contributed by atoms with Crippen LogP contribution in [0.2, 0.25) is 0 Å². The molecule has 3 nitrogen and oxygen atoms in total. The highest BCUT2D eigenvalue weighted by Crippen LogP contribution is 2.30. The van der Waals surface area contributed by atoms with Gasteiger partial charge in [0.05, 0.1) is 12.8 Å². The van der Waals surface area contributed by atoms with Crippen LogP contribution < -0.4 is 10.5 Å². The van der Waals surface area contributed by atoms with E-state index in [2.05, 4.69) is 11.1 Å². The van der Waals surface area contributed by atoms with Crippen LogP contribution in [0.25, 0.3) is 10.6 Å². The number of nitrogens with zero attached hydrogens (tertiary/aromatic N) is 1. The quantitative estimate of drug-likeness (QED) is 0.908. The van der Waals surface area contributed by atoms with Gasteiger partial charge >= 0.3 is 0 Å². The van der Waals surface area contributed by atoms with Crippen LogP contribution in [0.1, 0.15) is 16.1 Å². The highest BCUT2D eigenvalue weighted by atomic mass is 32.1. The highest BCUT2D eigenvalue weighted by Gasteiger charge is 2.09. The Hall–Kier alpha value is -1.39. The number of benzene rings is 1. The van der Waals surface area contributed by atoms with Crippen LogP contribution in [0.15, 0.2) is 18.2 Å².